The molecule has 0 aliphatic heterocycles. The summed E-state index contributed by atoms with van der Waals surface area (Å²) in [6, 6.07) is 24.1. The fourth-order valence-electron chi connectivity index (χ4n) is 3.33. The first-order chi connectivity index (χ1) is 16.6. The van der Waals surface area contributed by atoms with Gasteiger partial charge in [0.25, 0.3) is 5.91 Å². The maximum Gasteiger partial charge on any atom is 0.251 e. The first-order valence-electron chi connectivity index (χ1n) is 10.5. The van der Waals surface area contributed by atoms with Crippen LogP contribution in [0.3, 0.4) is 0 Å². The van der Waals surface area contributed by atoms with Gasteiger partial charge in [0.1, 0.15) is 5.75 Å². The molecule has 0 radical (unpaired) electrons. The van der Waals surface area contributed by atoms with Gasteiger partial charge >= 0.3 is 0 Å². The molecule has 34 heavy (non-hydrogen) atoms. The number of benzene rings is 3. The summed E-state index contributed by atoms with van der Waals surface area (Å²) in [6.45, 7) is 0. The topological polar surface area (TPSA) is 98.1 Å². The monoisotopic (exact) mass is 473 g/mol. The highest BCUT2D eigenvalue weighted by molar-refractivity contribution is 7.99. The van der Waals surface area contributed by atoms with Crippen molar-refractivity contribution in [3.8, 4) is 22.8 Å². The summed E-state index contributed by atoms with van der Waals surface area (Å²) in [7, 11) is 3.18. The van der Waals surface area contributed by atoms with Crippen LogP contribution in [-0.2, 0) is 4.79 Å². The molecule has 0 aliphatic carbocycles. The van der Waals surface area contributed by atoms with Crippen LogP contribution in [0.1, 0.15) is 10.4 Å². The van der Waals surface area contributed by atoms with Crippen LogP contribution < -0.4 is 15.4 Å². The zero-order chi connectivity index (χ0) is 23.9. The lowest BCUT2D eigenvalue weighted by molar-refractivity contribution is -0.113. The zero-order valence-corrected chi connectivity index (χ0v) is 19.5. The Labute approximate surface area is 201 Å². The molecule has 3 aromatic carbocycles. The molecule has 8 nitrogen and oxygen atoms in total. The van der Waals surface area contributed by atoms with Gasteiger partial charge in [-0.1, -0.05) is 48.2 Å². The lowest BCUT2D eigenvalue weighted by Gasteiger charge is -2.11. The number of nitrogens with zero attached hydrogens (tertiary/aromatic N) is 3. The summed E-state index contributed by atoms with van der Waals surface area (Å²) in [5.74, 6) is 1.04. The van der Waals surface area contributed by atoms with Crippen LogP contribution in [-0.4, -0.2) is 46.5 Å². The summed E-state index contributed by atoms with van der Waals surface area (Å²) in [5.41, 5.74) is 2.75. The van der Waals surface area contributed by atoms with Gasteiger partial charge in [-0.25, -0.2) is 0 Å². The number of carbonyl (C=O) groups excluding carboxylic acids is 2. The van der Waals surface area contributed by atoms with Gasteiger partial charge in [-0.15, -0.1) is 10.2 Å². The number of ether oxygens (including phenoxy) is 1. The molecule has 0 fully saturated rings. The second-order valence-electron chi connectivity index (χ2n) is 7.21. The van der Waals surface area contributed by atoms with E-state index < -0.39 is 0 Å². The van der Waals surface area contributed by atoms with Crippen LogP contribution in [0.2, 0.25) is 0 Å². The van der Waals surface area contributed by atoms with E-state index in [0.717, 1.165) is 11.3 Å². The first-order valence-corrected chi connectivity index (χ1v) is 11.5. The van der Waals surface area contributed by atoms with Crippen molar-refractivity contribution in [2.75, 3.05) is 25.2 Å². The van der Waals surface area contributed by atoms with E-state index in [1.807, 2.05) is 59.2 Å². The minimum Gasteiger partial charge on any atom is -0.497 e. The Kier molecular flexibility index (Phi) is 7.24. The van der Waals surface area contributed by atoms with Gasteiger partial charge in [0.05, 0.1) is 12.9 Å². The molecular formula is C25H23N5O3S. The molecular weight excluding hydrogens is 450 g/mol. The average Bonchev–Trinajstić information content (AvgIpc) is 3.31. The fraction of sp³-hybridized carbons (Fsp3) is 0.120. The van der Waals surface area contributed by atoms with Crippen LogP contribution in [0.4, 0.5) is 5.69 Å². The van der Waals surface area contributed by atoms with E-state index in [1.165, 1.54) is 11.8 Å². The molecule has 4 rings (SSSR count). The second kappa shape index (κ2) is 10.7. The van der Waals surface area contributed by atoms with E-state index >= 15 is 0 Å². The van der Waals surface area contributed by atoms with Crippen LogP contribution in [0.5, 0.6) is 5.75 Å². The van der Waals surface area contributed by atoms with E-state index in [-0.39, 0.29) is 17.6 Å². The molecule has 0 bridgehead atoms. The molecule has 4 aromatic rings. The van der Waals surface area contributed by atoms with Gasteiger partial charge in [0, 0.05) is 29.5 Å². The molecule has 0 aliphatic rings. The minimum absolute atomic E-state index is 0.118. The van der Waals surface area contributed by atoms with Crippen LogP contribution in [0, 0.1) is 0 Å². The number of hydrogen-bond acceptors (Lipinski definition) is 6. The number of para-hydroxylation sites is 1. The predicted octanol–water partition coefficient (Wildman–Crippen LogP) is 4.03. The highest BCUT2D eigenvalue weighted by atomic mass is 32.2. The molecule has 0 unspecified atom stereocenters. The molecule has 2 N–H and O–H groups in total. The lowest BCUT2D eigenvalue weighted by atomic mass is 10.2. The number of aromatic nitrogens is 3. The Morgan fingerprint density at radius 1 is 0.971 bits per heavy atom. The summed E-state index contributed by atoms with van der Waals surface area (Å²) < 4.78 is 7.27. The SMILES string of the molecule is CNC(=O)c1cccc(NC(=O)CSc2nnc(-c3cccc(OC)c3)n2-c2ccccc2)c1. The van der Waals surface area contributed by atoms with Crippen molar-refractivity contribution in [3.63, 3.8) is 0 Å². The van der Waals surface area contributed by atoms with Crippen molar-refractivity contribution in [2.45, 2.75) is 5.16 Å². The zero-order valence-electron chi connectivity index (χ0n) is 18.7. The highest BCUT2D eigenvalue weighted by Crippen LogP contribution is 2.29. The molecule has 0 saturated heterocycles. The van der Waals surface area contributed by atoms with E-state index in [2.05, 4.69) is 20.8 Å². The van der Waals surface area contributed by atoms with E-state index in [1.54, 1.807) is 38.4 Å². The quantitative estimate of drug-likeness (QED) is 0.375. The largest absolute Gasteiger partial charge is 0.497 e. The average molecular weight is 474 g/mol. The predicted molar refractivity (Wildman–Crippen MR) is 133 cm³/mol. The molecule has 172 valence electrons. The lowest BCUT2D eigenvalue weighted by Crippen LogP contribution is -2.19. The standard InChI is InChI=1S/C25H23N5O3S/c1-26-24(32)18-9-6-10-19(14-18)27-22(31)16-34-25-29-28-23(17-8-7-13-21(15-17)33-2)30(25)20-11-4-3-5-12-20/h3-15H,16H2,1-2H3,(H,26,32)(H,27,31). The smallest absolute Gasteiger partial charge is 0.251 e. The van der Waals surface area contributed by atoms with Gasteiger partial charge in [0.15, 0.2) is 11.0 Å². The van der Waals surface area contributed by atoms with Crippen LogP contribution >= 0.6 is 11.8 Å². The normalized spacial score (nSPS) is 10.5. The number of hydrogen-bond donors (Lipinski definition) is 2. The molecule has 0 spiro atoms. The van der Waals surface area contributed by atoms with Crippen molar-refractivity contribution in [2.24, 2.45) is 0 Å². The summed E-state index contributed by atoms with van der Waals surface area (Å²) >= 11 is 1.28. The van der Waals surface area contributed by atoms with Gasteiger partial charge in [-0.2, -0.15) is 0 Å². The number of rotatable bonds is 8. The van der Waals surface area contributed by atoms with Gasteiger partial charge in [-0.05, 0) is 42.5 Å². The number of anilines is 1. The number of amides is 2. The van der Waals surface area contributed by atoms with E-state index in [9.17, 15) is 9.59 Å². The maximum absolute atomic E-state index is 12.6. The van der Waals surface area contributed by atoms with Crippen molar-refractivity contribution in [1.82, 2.24) is 20.1 Å². The first kappa shape index (κ1) is 23.1. The molecule has 1 aromatic heterocycles. The van der Waals surface area contributed by atoms with Gasteiger partial charge < -0.3 is 15.4 Å². The third kappa shape index (κ3) is 5.26. The number of methoxy groups -OCH3 is 1. The molecule has 0 atom stereocenters. The Morgan fingerprint density at radius 2 is 1.76 bits per heavy atom. The van der Waals surface area contributed by atoms with Gasteiger partial charge in [-0.3, -0.25) is 14.2 Å². The van der Waals surface area contributed by atoms with Crippen molar-refractivity contribution in [3.05, 3.63) is 84.4 Å². The van der Waals surface area contributed by atoms with Crippen molar-refractivity contribution < 1.29 is 14.3 Å². The van der Waals surface area contributed by atoms with Crippen LogP contribution in [0.25, 0.3) is 17.1 Å². The minimum atomic E-state index is -0.218. The Hall–Kier alpha value is -4.11. The molecule has 2 amide bonds. The number of nitrogens with one attached hydrogen (secondary N) is 2. The maximum atomic E-state index is 12.6. The van der Waals surface area contributed by atoms with E-state index in [4.69, 9.17) is 4.74 Å². The summed E-state index contributed by atoms with van der Waals surface area (Å²) in [6.07, 6.45) is 0. The Bertz CT molecular complexity index is 1310. The third-order valence-corrected chi connectivity index (χ3v) is 5.87. The molecule has 0 saturated carbocycles. The molecule has 1 heterocycles. The number of thioether (sulfide) groups is 1. The number of carbonyl (C=O) groups is 2. The van der Waals surface area contributed by atoms with Crippen molar-refractivity contribution in [1.29, 1.82) is 0 Å². The Morgan fingerprint density at radius 3 is 2.53 bits per heavy atom. The Balaban J connectivity index is 1.56. The summed E-state index contributed by atoms with van der Waals surface area (Å²) in [5, 5.41) is 14.7. The molecule has 9 heteroatoms. The second-order valence-corrected chi connectivity index (χ2v) is 8.15. The van der Waals surface area contributed by atoms with Gasteiger partial charge in [0.2, 0.25) is 5.91 Å². The van der Waals surface area contributed by atoms with Crippen LogP contribution in [0.15, 0.2) is 84.0 Å². The highest BCUT2D eigenvalue weighted by Gasteiger charge is 2.18. The van der Waals surface area contributed by atoms with E-state index in [0.29, 0.717) is 28.0 Å². The third-order valence-electron chi connectivity index (χ3n) is 4.94. The summed E-state index contributed by atoms with van der Waals surface area (Å²) in [4.78, 5) is 24.5. The van der Waals surface area contributed by atoms with Crippen molar-refractivity contribution >= 4 is 29.3 Å². The fourth-order valence-corrected chi connectivity index (χ4v) is 4.08.